The summed E-state index contributed by atoms with van der Waals surface area (Å²) in [6, 6.07) is 1.79. The summed E-state index contributed by atoms with van der Waals surface area (Å²) in [5.74, 6) is 1.72. The van der Waals surface area contributed by atoms with E-state index in [1.54, 1.807) is 0 Å². The summed E-state index contributed by atoms with van der Waals surface area (Å²) in [5.41, 5.74) is 0. The standard InChI is InChI=1S/C22H40N2O2/c25-22-4-2-1-3-21(22)23-19-11-13-24(14-12-19)20-9-7-18(8-10-20)16-26-15-17-5-6-17/h17-23,25H,1-16H2/t18?,20?,21-,22-/m1/s1. The van der Waals surface area contributed by atoms with Crippen molar-refractivity contribution in [2.45, 2.75) is 101 Å². The maximum Gasteiger partial charge on any atom is 0.0693 e. The molecule has 3 aliphatic carbocycles. The van der Waals surface area contributed by atoms with Crippen LogP contribution in [0, 0.1) is 11.8 Å². The van der Waals surface area contributed by atoms with Crippen LogP contribution in [0.4, 0.5) is 0 Å². The van der Waals surface area contributed by atoms with E-state index in [0.717, 1.165) is 43.9 Å². The number of aliphatic hydroxyl groups excluding tert-OH is 1. The Balaban J connectivity index is 1.11. The second-order valence-corrected chi connectivity index (χ2v) is 9.59. The van der Waals surface area contributed by atoms with Crippen molar-refractivity contribution in [3.63, 3.8) is 0 Å². The van der Waals surface area contributed by atoms with E-state index in [1.807, 2.05) is 0 Å². The van der Waals surface area contributed by atoms with Crippen molar-refractivity contribution < 1.29 is 9.84 Å². The number of nitrogens with one attached hydrogen (secondary N) is 1. The molecule has 26 heavy (non-hydrogen) atoms. The van der Waals surface area contributed by atoms with Gasteiger partial charge < -0.3 is 20.1 Å². The van der Waals surface area contributed by atoms with Crippen LogP contribution in [0.2, 0.25) is 0 Å². The maximum atomic E-state index is 10.2. The summed E-state index contributed by atoms with van der Waals surface area (Å²) in [4.78, 5) is 2.76. The van der Waals surface area contributed by atoms with Crippen molar-refractivity contribution in [1.82, 2.24) is 10.2 Å². The second kappa shape index (κ2) is 9.36. The number of hydrogen-bond donors (Lipinski definition) is 2. The molecule has 2 N–H and O–H groups in total. The van der Waals surface area contributed by atoms with E-state index in [-0.39, 0.29) is 6.10 Å². The zero-order valence-corrected chi connectivity index (χ0v) is 16.6. The van der Waals surface area contributed by atoms with Gasteiger partial charge in [0.2, 0.25) is 0 Å². The number of piperidine rings is 1. The molecule has 4 nitrogen and oxygen atoms in total. The third-order valence-electron chi connectivity index (χ3n) is 7.45. The molecule has 0 aromatic carbocycles. The Bertz CT molecular complexity index is 412. The molecule has 4 heteroatoms. The Labute approximate surface area is 160 Å². The number of rotatable bonds is 7. The van der Waals surface area contributed by atoms with E-state index in [9.17, 15) is 5.11 Å². The molecule has 2 atom stereocenters. The molecule has 4 rings (SSSR count). The van der Waals surface area contributed by atoms with Crippen LogP contribution in [0.15, 0.2) is 0 Å². The largest absolute Gasteiger partial charge is 0.392 e. The lowest BCUT2D eigenvalue weighted by Gasteiger charge is -2.42. The van der Waals surface area contributed by atoms with Crippen molar-refractivity contribution in [3.8, 4) is 0 Å². The molecule has 1 heterocycles. The van der Waals surface area contributed by atoms with Crippen LogP contribution in [0.25, 0.3) is 0 Å². The highest BCUT2D eigenvalue weighted by atomic mass is 16.5. The molecule has 0 spiro atoms. The van der Waals surface area contributed by atoms with Crippen molar-refractivity contribution in [2.75, 3.05) is 26.3 Å². The van der Waals surface area contributed by atoms with Gasteiger partial charge in [-0.15, -0.1) is 0 Å². The van der Waals surface area contributed by atoms with Crippen molar-refractivity contribution >= 4 is 0 Å². The van der Waals surface area contributed by atoms with Gasteiger partial charge in [0.05, 0.1) is 6.10 Å². The van der Waals surface area contributed by atoms with Gasteiger partial charge >= 0.3 is 0 Å². The predicted octanol–water partition coefficient (Wildman–Crippen LogP) is 3.33. The monoisotopic (exact) mass is 364 g/mol. The van der Waals surface area contributed by atoms with Crippen LogP contribution in [0.1, 0.15) is 77.0 Å². The highest BCUT2D eigenvalue weighted by Gasteiger charge is 2.31. The fourth-order valence-electron chi connectivity index (χ4n) is 5.40. The molecule has 3 saturated carbocycles. The number of nitrogens with zero attached hydrogens (tertiary/aromatic N) is 1. The molecular weight excluding hydrogens is 324 g/mol. The minimum Gasteiger partial charge on any atom is -0.392 e. The Morgan fingerprint density at radius 1 is 0.769 bits per heavy atom. The third-order valence-corrected chi connectivity index (χ3v) is 7.45. The smallest absolute Gasteiger partial charge is 0.0693 e. The van der Waals surface area contributed by atoms with Crippen molar-refractivity contribution in [2.24, 2.45) is 11.8 Å². The summed E-state index contributed by atoms with van der Waals surface area (Å²) >= 11 is 0. The Hall–Kier alpha value is -0.160. The average molecular weight is 365 g/mol. The molecule has 0 aromatic heterocycles. The van der Waals surface area contributed by atoms with Gasteiger partial charge in [-0.25, -0.2) is 0 Å². The highest BCUT2D eigenvalue weighted by molar-refractivity contribution is 4.89. The van der Waals surface area contributed by atoms with E-state index in [4.69, 9.17) is 4.74 Å². The lowest BCUT2D eigenvalue weighted by atomic mass is 9.84. The topological polar surface area (TPSA) is 44.7 Å². The molecule has 0 amide bonds. The van der Waals surface area contributed by atoms with Crippen LogP contribution in [-0.2, 0) is 4.74 Å². The van der Waals surface area contributed by atoms with Gasteiger partial charge in [-0.2, -0.15) is 0 Å². The molecule has 1 saturated heterocycles. The minimum atomic E-state index is -0.112. The molecular formula is C22H40N2O2. The molecule has 0 radical (unpaired) electrons. The summed E-state index contributed by atoms with van der Waals surface area (Å²) in [6.45, 7) is 4.52. The first-order valence-electron chi connectivity index (χ1n) is 11.5. The maximum absolute atomic E-state index is 10.2. The first-order chi connectivity index (χ1) is 12.8. The van der Waals surface area contributed by atoms with Gasteiger partial charge in [0.1, 0.15) is 0 Å². The molecule has 4 fully saturated rings. The lowest BCUT2D eigenvalue weighted by molar-refractivity contribution is 0.0456. The highest BCUT2D eigenvalue weighted by Crippen LogP contribution is 2.32. The summed E-state index contributed by atoms with van der Waals surface area (Å²) in [6.07, 6.45) is 15.3. The molecule has 1 aliphatic heterocycles. The molecule has 0 bridgehead atoms. The van der Waals surface area contributed by atoms with Crippen molar-refractivity contribution in [3.05, 3.63) is 0 Å². The van der Waals surface area contributed by atoms with Crippen LogP contribution < -0.4 is 5.32 Å². The first-order valence-corrected chi connectivity index (χ1v) is 11.5. The van der Waals surface area contributed by atoms with Gasteiger partial charge in [0, 0.05) is 31.3 Å². The number of hydrogen-bond acceptors (Lipinski definition) is 4. The molecule has 0 aromatic rings. The van der Waals surface area contributed by atoms with Gasteiger partial charge in [-0.1, -0.05) is 12.8 Å². The van der Waals surface area contributed by atoms with E-state index in [2.05, 4.69) is 10.2 Å². The normalized spacial score (nSPS) is 37.7. The SMILES string of the molecule is O[C@@H]1CCCC[C@H]1NC1CCN(C2CCC(COCC3CC3)CC2)CC1. The van der Waals surface area contributed by atoms with E-state index in [1.165, 1.54) is 77.3 Å². The zero-order chi connectivity index (χ0) is 17.8. The summed E-state index contributed by atoms with van der Waals surface area (Å²) < 4.78 is 5.93. The van der Waals surface area contributed by atoms with Crippen LogP contribution in [0.3, 0.4) is 0 Å². The minimum absolute atomic E-state index is 0.112. The van der Waals surface area contributed by atoms with Gasteiger partial charge in [0.15, 0.2) is 0 Å². The molecule has 4 aliphatic rings. The summed E-state index contributed by atoms with van der Waals surface area (Å²) in [7, 11) is 0. The Kier molecular flexibility index (Phi) is 6.90. The number of likely N-dealkylation sites (tertiary alicyclic amines) is 1. The quantitative estimate of drug-likeness (QED) is 0.727. The average Bonchev–Trinajstić information content (AvgIpc) is 3.49. The van der Waals surface area contributed by atoms with E-state index in [0.29, 0.717) is 12.1 Å². The zero-order valence-electron chi connectivity index (χ0n) is 16.6. The Morgan fingerprint density at radius 3 is 2.00 bits per heavy atom. The second-order valence-electron chi connectivity index (χ2n) is 9.59. The lowest BCUT2D eigenvalue weighted by Crippen LogP contribution is -2.52. The van der Waals surface area contributed by atoms with Gasteiger partial charge in [-0.05, 0) is 89.1 Å². The predicted molar refractivity (Wildman–Crippen MR) is 105 cm³/mol. The van der Waals surface area contributed by atoms with E-state index < -0.39 is 0 Å². The van der Waals surface area contributed by atoms with Crippen LogP contribution in [-0.4, -0.2) is 60.5 Å². The van der Waals surface area contributed by atoms with Gasteiger partial charge in [-0.3, -0.25) is 0 Å². The Morgan fingerprint density at radius 2 is 1.38 bits per heavy atom. The van der Waals surface area contributed by atoms with Crippen molar-refractivity contribution in [1.29, 1.82) is 0 Å². The summed E-state index contributed by atoms with van der Waals surface area (Å²) in [5, 5.41) is 14.0. The first kappa shape index (κ1) is 19.2. The van der Waals surface area contributed by atoms with Crippen LogP contribution in [0.5, 0.6) is 0 Å². The van der Waals surface area contributed by atoms with Crippen LogP contribution >= 0.6 is 0 Å². The molecule has 150 valence electrons. The van der Waals surface area contributed by atoms with Gasteiger partial charge in [0.25, 0.3) is 0 Å². The molecule has 0 unspecified atom stereocenters. The number of aliphatic hydroxyl groups is 1. The number of ether oxygens (including phenoxy) is 1. The van der Waals surface area contributed by atoms with E-state index >= 15 is 0 Å². The third kappa shape index (κ3) is 5.43. The fraction of sp³-hybridized carbons (Fsp3) is 1.00. The fourth-order valence-corrected chi connectivity index (χ4v) is 5.40.